The Hall–Kier alpha value is -8.46. The van der Waals surface area contributed by atoms with Gasteiger partial charge in [-0.05, 0) is 193 Å². The lowest BCUT2D eigenvalue weighted by Gasteiger charge is -2.33. The summed E-state index contributed by atoms with van der Waals surface area (Å²) in [6.45, 7) is 17.8. The lowest BCUT2D eigenvalue weighted by Crippen LogP contribution is -2.15. The molecule has 2 heteroatoms. The zero-order chi connectivity index (χ0) is 49.6. The van der Waals surface area contributed by atoms with E-state index in [1.54, 1.807) is 0 Å². The van der Waals surface area contributed by atoms with Gasteiger partial charge < -0.3 is 9.80 Å². The van der Waals surface area contributed by atoms with Crippen LogP contribution < -0.4 is 9.80 Å². The number of nitrogens with zero attached hydrogens (tertiary/aromatic N) is 2. The van der Waals surface area contributed by atoms with Crippen molar-refractivity contribution in [2.24, 2.45) is 0 Å². The molecule has 0 aliphatic heterocycles. The maximum Gasteiger partial charge on any atom is 0.0619 e. The SMILES string of the molecule is Cc1ccccc1-c1ccc(N(c2ccc(-c3ccccc3C)c(C)c2)c2c3ccccc3c(N(c3ccc(-c4ccccc4C)c(C)c3)c3ccc(-c4ccccc4C)c(C)c3)c3ccccc23)cc1C. The topological polar surface area (TPSA) is 6.48 Å². The molecular weight excluding hydrogens is 869 g/mol. The van der Waals surface area contributed by atoms with Crippen LogP contribution in [0.3, 0.4) is 0 Å². The van der Waals surface area contributed by atoms with Crippen molar-refractivity contribution in [3.05, 3.63) is 263 Å². The van der Waals surface area contributed by atoms with Gasteiger partial charge in [-0.3, -0.25) is 0 Å². The number of fused-ring (bicyclic) bond motifs is 2. The summed E-state index contributed by atoms with van der Waals surface area (Å²) in [6, 6.07) is 81.1. The Morgan fingerprint density at radius 1 is 0.194 bits per heavy atom. The van der Waals surface area contributed by atoms with E-state index in [4.69, 9.17) is 0 Å². The quantitative estimate of drug-likeness (QED) is 0.0996. The third-order valence-corrected chi connectivity index (χ3v) is 14.9. The molecule has 0 unspecified atom stereocenters. The predicted octanol–water partition coefficient (Wildman–Crippen LogP) is 20.1. The molecule has 0 N–H and O–H groups in total. The van der Waals surface area contributed by atoms with Crippen LogP contribution in [-0.4, -0.2) is 0 Å². The second-order valence-corrected chi connectivity index (χ2v) is 19.7. The van der Waals surface area contributed by atoms with Gasteiger partial charge in [0.2, 0.25) is 0 Å². The van der Waals surface area contributed by atoms with Gasteiger partial charge in [0.1, 0.15) is 0 Å². The first-order chi connectivity index (χ1) is 35.0. The molecule has 0 radical (unpaired) electrons. The van der Waals surface area contributed by atoms with Crippen LogP contribution in [0.5, 0.6) is 0 Å². The average Bonchev–Trinajstić information content (AvgIpc) is 3.38. The largest absolute Gasteiger partial charge is 0.309 e. The molecule has 72 heavy (non-hydrogen) atoms. The van der Waals surface area contributed by atoms with Crippen LogP contribution in [0, 0.1) is 55.4 Å². The minimum Gasteiger partial charge on any atom is -0.309 e. The summed E-state index contributed by atoms with van der Waals surface area (Å²) in [7, 11) is 0. The monoisotopic (exact) mass is 928 g/mol. The van der Waals surface area contributed by atoms with Crippen molar-refractivity contribution < 1.29 is 0 Å². The summed E-state index contributed by atoms with van der Waals surface area (Å²) in [5.41, 5.74) is 26.7. The van der Waals surface area contributed by atoms with Crippen LogP contribution >= 0.6 is 0 Å². The van der Waals surface area contributed by atoms with Crippen molar-refractivity contribution >= 4 is 55.7 Å². The first kappa shape index (κ1) is 46.0. The van der Waals surface area contributed by atoms with Gasteiger partial charge in [-0.2, -0.15) is 0 Å². The molecule has 0 atom stereocenters. The lowest BCUT2D eigenvalue weighted by molar-refractivity contribution is 1.27. The van der Waals surface area contributed by atoms with Gasteiger partial charge in [0.05, 0.1) is 11.4 Å². The van der Waals surface area contributed by atoms with E-state index in [0.717, 1.165) is 34.1 Å². The zero-order valence-electron chi connectivity index (χ0n) is 42.7. The standard InChI is InChI=1S/C70H60N2/c1-45-21-9-13-25-57(45)61-37-33-53(41-49(61)5)71(54-34-38-62(50(6)42-54)58-26-14-10-22-46(58)2)69-65-29-17-19-31-67(65)70(68-32-20-18-30-66(68)69)72(55-35-39-63(51(7)43-55)59-27-15-11-23-47(59)3)56-36-40-64(52(8)44-56)60-28-16-12-24-48(60)4/h9-44H,1-8H3. The molecule has 0 saturated heterocycles. The van der Waals surface area contributed by atoms with Gasteiger partial charge in [0, 0.05) is 44.3 Å². The van der Waals surface area contributed by atoms with Gasteiger partial charge in [-0.25, -0.2) is 0 Å². The summed E-state index contributed by atoms with van der Waals surface area (Å²) in [6.07, 6.45) is 0. The fourth-order valence-electron chi connectivity index (χ4n) is 11.2. The van der Waals surface area contributed by atoms with Gasteiger partial charge in [-0.15, -0.1) is 0 Å². The molecule has 0 heterocycles. The van der Waals surface area contributed by atoms with Crippen molar-refractivity contribution in [2.45, 2.75) is 55.4 Å². The molecule has 350 valence electrons. The Bertz CT molecular complexity index is 3370. The minimum atomic E-state index is 1.11. The third kappa shape index (κ3) is 8.23. The highest BCUT2D eigenvalue weighted by molar-refractivity contribution is 6.23. The Morgan fingerprint density at radius 2 is 0.389 bits per heavy atom. The van der Waals surface area contributed by atoms with E-state index in [0.29, 0.717) is 0 Å². The van der Waals surface area contributed by atoms with Crippen LogP contribution in [0.25, 0.3) is 66.1 Å². The predicted molar refractivity (Wildman–Crippen MR) is 310 cm³/mol. The number of benzene rings is 11. The second-order valence-electron chi connectivity index (χ2n) is 19.7. The maximum absolute atomic E-state index is 2.52. The van der Waals surface area contributed by atoms with Crippen LogP contribution in [-0.2, 0) is 0 Å². The molecule has 2 nitrogen and oxygen atoms in total. The first-order valence-electron chi connectivity index (χ1n) is 25.3. The average molecular weight is 929 g/mol. The van der Waals surface area contributed by atoms with E-state index in [-0.39, 0.29) is 0 Å². The molecule has 0 saturated carbocycles. The number of rotatable bonds is 10. The normalized spacial score (nSPS) is 11.3. The molecule has 0 aromatic heterocycles. The zero-order valence-corrected chi connectivity index (χ0v) is 42.7. The maximum atomic E-state index is 2.52. The van der Waals surface area contributed by atoms with Crippen molar-refractivity contribution in [1.82, 2.24) is 0 Å². The van der Waals surface area contributed by atoms with E-state index in [1.165, 1.54) is 111 Å². The van der Waals surface area contributed by atoms with Gasteiger partial charge in [-0.1, -0.05) is 170 Å². The molecule has 11 aromatic rings. The van der Waals surface area contributed by atoms with Gasteiger partial charge in [0.25, 0.3) is 0 Å². The van der Waals surface area contributed by atoms with E-state index < -0.39 is 0 Å². The van der Waals surface area contributed by atoms with E-state index in [9.17, 15) is 0 Å². The van der Waals surface area contributed by atoms with Gasteiger partial charge in [0.15, 0.2) is 0 Å². The summed E-state index contributed by atoms with van der Waals surface area (Å²) in [4.78, 5) is 5.04. The lowest BCUT2D eigenvalue weighted by atomic mass is 9.92. The molecule has 0 fully saturated rings. The number of hydrogen-bond donors (Lipinski definition) is 0. The van der Waals surface area contributed by atoms with Crippen LogP contribution in [0.1, 0.15) is 44.5 Å². The van der Waals surface area contributed by atoms with Crippen molar-refractivity contribution in [2.75, 3.05) is 9.80 Å². The van der Waals surface area contributed by atoms with Crippen molar-refractivity contribution in [3.8, 4) is 44.5 Å². The van der Waals surface area contributed by atoms with Crippen LogP contribution in [0.4, 0.5) is 34.1 Å². The molecule has 0 amide bonds. The Morgan fingerprint density at radius 3 is 0.597 bits per heavy atom. The van der Waals surface area contributed by atoms with Crippen molar-refractivity contribution in [1.29, 1.82) is 0 Å². The Balaban J connectivity index is 1.18. The minimum absolute atomic E-state index is 1.11. The Labute approximate surface area is 426 Å². The van der Waals surface area contributed by atoms with E-state index in [2.05, 4.69) is 284 Å². The van der Waals surface area contributed by atoms with Crippen LogP contribution in [0.15, 0.2) is 218 Å². The highest BCUT2D eigenvalue weighted by atomic mass is 15.2. The number of anilines is 6. The molecular formula is C70H60N2. The number of aryl methyl sites for hydroxylation is 8. The third-order valence-electron chi connectivity index (χ3n) is 14.9. The Kier molecular flexibility index (Phi) is 12.2. The number of hydrogen-bond acceptors (Lipinski definition) is 2. The van der Waals surface area contributed by atoms with E-state index >= 15 is 0 Å². The van der Waals surface area contributed by atoms with Gasteiger partial charge >= 0.3 is 0 Å². The highest BCUT2D eigenvalue weighted by Gasteiger charge is 2.27. The first-order valence-corrected chi connectivity index (χ1v) is 25.3. The second kappa shape index (κ2) is 19.0. The highest BCUT2D eigenvalue weighted by Crippen LogP contribution is 2.52. The molecule has 0 bridgehead atoms. The molecule has 0 spiro atoms. The molecule has 11 rings (SSSR count). The van der Waals surface area contributed by atoms with E-state index in [1.807, 2.05) is 0 Å². The van der Waals surface area contributed by atoms with Crippen LogP contribution in [0.2, 0.25) is 0 Å². The fraction of sp³-hybridized carbons (Fsp3) is 0.114. The molecule has 11 aromatic carbocycles. The smallest absolute Gasteiger partial charge is 0.0619 e. The molecule has 0 aliphatic carbocycles. The summed E-state index contributed by atoms with van der Waals surface area (Å²) < 4.78 is 0. The van der Waals surface area contributed by atoms with Crippen molar-refractivity contribution in [3.63, 3.8) is 0 Å². The fourth-order valence-corrected chi connectivity index (χ4v) is 11.2. The molecule has 0 aliphatic rings. The summed E-state index contributed by atoms with van der Waals surface area (Å²) >= 11 is 0. The summed E-state index contributed by atoms with van der Waals surface area (Å²) in [5.74, 6) is 0. The summed E-state index contributed by atoms with van der Waals surface area (Å²) in [5, 5.41) is 4.66.